The van der Waals surface area contributed by atoms with Crippen molar-refractivity contribution in [3.63, 3.8) is 0 Å². The maximum Gasteiger partial charge on any atom is 0.318 e. The van der Waals surface area contributed by atoms with Crippen molar-refractivity contribution >= 4 is 22.8 Å². The van der Waals surface area contributed by atoms with Gasteiger partial charge in [0.25, 0.3) is 0 Å². The van der Waals surface area contributed by atoms with Gasteiger partial charge in [-0.15, -0.1) is 0 Å². The Balaban J connectivity index is 2.17. The fourth-order valence-electron chi connectivity index (χ4n) is 1.44. The normalized spacial score (nSPS) is 20.1. The minimum atomic E-state index is -0.786. The van der Waals surface area contributed by atoms with Crippen molar-refractivity contribution < 1.29 is 9.90 Å². The molecule has 1 unspecified atom stereocenters. The summed E-state index contributed by atoms with van der Waals surface area (Å²) in [5, 5.41) is 9.26. The minimum absolute atomic E-state index is 0.378. The number of hydrogen-bond acceptors (Lipinski definition) is 3. The molecule has 0 saturated carbocycles. The van der Waals surface area contributed by atoms with Crippen LogP contribution in [0.4, 0.5) is 0 Å². The lowest BCUT2D eigenvalue weighted by molar-refractivity contribution is -0.136. The zero-order valence-electron chi connectivity index (χ0n) is 8.30. The second kappa shape index (κ2) is 4.06. The Bertz CT molecular complexity index is 428. The van der Waals surface area contributed by atoms with Crippen LogP contribution in [0.15, 0.2) is 29.3 Å². The second-order valence-corrected chi connectivity index (χ2v) is 4.65. The van der Waals surface area contributed by atoms with E-state index in [1.165, 1.54) is 11.8 Å². The van der Waals surface area contributed by atoms with E-state index in [4.69, 9.17) is 5.11 Å². The number of aliphatic carboxylic acids is 1. The van der Waals surface area contributed by atoms with Crippen molar-refractivity contribution in [1.29, 1.82) is 0 Å². The van der Waals surface area contributed by atoms with Gasteiger partial charge in [0.15, 0.2) is 0 Å². The highest BCUT2D eigenvalue weighted by Gasteiger charge is 2.26. The van der Waals surface area contributed by atoms with Gasteiger partial charge in [0.2, 0.25) is 0 Å². The number of rotatable bonds is 2. The highest BCUT2D eigenvalue weighted by molar-refractivity contribution is 8.15. The summed E-state index contributed by atoms with van der Waals surface area (Å²) in [7, 11) is 0. The Labute approximate surface area is 92.2 Å². The van der Waals surface area contributed by atoms with Crippen LogP contribution in [0.5, 0.6) is 0 Å². The van der Waals surface area contributed by atoms with Gasteiger partial charge in [-0.3, -0.25) is 9.79 Å². The fraction of sp³-hybridized carbons (Fsp3) is 0.273. The van der Waals surface area contributed by atoms with Gasteiger partial charge < -0.3 is 5.11 Å². The fourth-order valence-corrected chi connectivity index (χ4v) is 2.37. The lowest BCUT2D eigenvalue weighted by Gasteiger charge is -2.03. The van der Waals surface area contributed by atoms with E-state index in [1.807, 2.05) is 31.2 Å². The van der Waals surface area contributed by atoms with Crippen LogP contribution in [-0.2, 0) is 4.79 Å². The number of thioether (sulfide) groups is 1. The van der Waals surface area contributed by atoms with Gasteiger partial charge in [0, 0.05) is 5.56 Å². The van der Waals surface area contributed by atoms with Crippen LogP contribution in [0, 0.1) is 6.92 Å². The van der Waals surface area contributed by atoms with E-state index < -0.39 is 11.2 Å². The highest BCUT2D eigenvalue weighted by Crippen LogP contribution is 2.26. The van der Waals surface area contributed by atoms with Gasteiger partial charge in [0.1, 0.15) is 5.25 Å². The molecule has 1 aromatic rings. The quantitative estimate of drug-likeness (QED) is 0.830. The molecule has 0 bridgehead atoms. The average Bonchev–Trinajstić information content (AvgIpc) is 2.66. The summed E-state index contributed by atoms with van der Waals surface area (Å²) in [6, 6.07) is 7.96. The summed E-state index contributed by atoms with van der Waals surface area (Å²) in [6.45, 7) is 2.39. The van der Waals surface area contributed by atoms with E-state index in [-0.39, 0.29) is 0 Å². The van der Waals surface area contributed by atoms with Gasteiger partial charge in [0.05, 0.1) is 11.6 Å². The van der Waals surface area contributed by atoms with Crippen molar-refractivity contribution in [2.75, 3.05) is 6.54 Å². The Hall–Kier alpha value is -1.29. The first-order valence-electron chi connectivity index (χ1n) is 4.68. The third kappa shape index (κ3) is 2.21. The van der Waals surface area contributed by atoms with Crippen LogP contribution in [0.3, 0.4) is 0 Å². The molecule has 1 aliphatic heterocycles. The van der Waals surface area contributed by atoms with Crippen LogP contribution in [0.25, 0.3) is 0 Å². The largest absolute Gasteiger partial charge is 0.480 e. The van der Waals surface area contributed by atoms with Crippen molar-refractivity contribution in [3.05, 3.63) is 35.4 Å². The summed E-state index contributed by atoms with van der Waals surface area (Å²) < 4.78 is 0. The van der Waals surface area contributed by atoms with Crippen molar-refractivity contribution in [3.8, 4) is 0 Å². The molecule has 4 heteroatoms. The third-order valence-electron chi connectivity index (χ3n) is 2.20. The number of carboxylic acids is 1. The van der Waals surface area contributed by atoms with Gasteiger partial charge >= 0.3 is 5.97 Å². The van der Waals surface area contributed by atoms with Crippen LogP contribution in [-0.4, -0.2) is 27.9 Å². The number of benzene rings is 1. The average molecular weight is 221 g/mol. The molecule has 0 amide bonds. The molecule has 1 heterocycles. The van der Waals surface area contributed by atoms with Crippen molar-refractivity contribution in [2.45, 2.75) is 12.2 Å². The van der Waals surface area contributed by atoms with Crippen LogP contribution in [0.1, 0.15) is 11.1 Å². The standard InChI is InChI=1S/C11H11NO2S/c1-7-3-2-4-8(5-7)10-12-6-9(15-10)11(13)14/h2-5,9H,6H2,1H3,(H,13,14). The van der Waals surface area contributed by atoms with E-state index in [1.54, 1.807) is 0 Å². The molecule has 1 aromatic carbocycles. The maximum absolute atomic E-state index is 10.8. The lowest BCUT2D eigenvalue weighted by Crippen LogP contribution is -2.16. The monoisotopic (exact) mass is 221 g/mol. The Morgan fingerprint density at radius 1 is 1.60 bits per heavy atom. The molecule has 0 radical (unpaired) electrons. The van der Waals surface area contributed by atoms with Gasteiger partial charge in [-0.1, -0.05) is 35.5 Å². The lowest BCUT2D eigenvalue weighted by atomic mass is 10.1. The van der Waals surface area contributed by atoms with Gasteiger partial charge in [-0.25, -0.2) is 0 Å². The topological polar surface area (TPSA) is 49.7 Å². The van der Waals surface area contributed by atoms with Gasteiger partial charge in [-0.05, 0) is 13.0 Å². The number of hydrogen-bond donors (Lipinski definition) is 1. The second-order valence-electron chi connectivity index (χ2n) is 3.46. The molecule has 3 nitrogen and oxygen atoms in total. The predicted octanol–water partition coefficient (Wildman–Crippen LogP) is 1.94. The van der Waals surface area contributed by atoms with E-state index in [0.29, 0.717) is 6.54 Å². The number of nitrogens with zero attached hydrogens (tertiary/aromatic N) is 1. The first kappa shape index (κ1) is 10.2. The number of carboxylic acid groups (broad SMARTS) is 1. The molecule has 0 saturated heterocycles. The molecule has 0 spiro atoms. The summed E-state index contributed by atoms with van der Waals surface area (Å²) in [5.41, 5.74) is 2.18. The molecule has 1 aliphatic rings. The molecule has 0 aliphatic carbocycles. The van der Waals surface area contributed by atoms with Crippen LogP contribution >= 0.6 is 11.8 Å². The van der Waals surface area contributed by atoms with E-state index in [0.717, 1.165) is 16.2 Å². The number of aryl methyl sites for hydroxylation is 1. The molecule has 2 rings (SSSR count). The van der Waals surface area contributed by atoms with Crippen molar-refractivity contribution in [2.24, 2.45) is 4.99 Å². The minimum Gasteiger partial charge on any atom is -0.480 e. The van der Waals surface area contributed by atoms with Crippen LogP contribution in [0.2, 0.25) is 0 Å². The smallest absolute Gasteiger partial charge is 0.318 e. The molecular formula is C11H11NO2S. The Morgan fingerprint density at radius 2 is 2.40 bits per heavy atom. The molecule has 0 aromatic heterocycles. The molecule has 1 atom stereocenters. The zero-order chi connectivity index (χ0) is 10.8. The molecule has 0 fully saturated rings. The SMILES string of the molecule is Cc1cccc(C2=NCC(C(=O)O)S2)c1. The number of aliphatic imine (C=N–C) groups is 1. The van der Waals surface area contributed by atoms with E-state index in [9.17, 15) is 4.79 Å². The molecular weight excluding hydrogens is 210 g/mol. The first-order chi connectivity index (χ1) is 7.16. The van der Waals surface area contributed by atoms with Crippen LogP contribution < -0.4 is 0 Å². The molecule has 15 heavy (non-hydrogen) atoms. The summed E-state index contributed by atoms with van der Waals surface area (Å²) in [4.78, 5) is 15.0. The summed E-state index contributed by atoms with van der Waals surface area (Å²) in [5.74, 6) is -0.786. The predicted molar refractivity (Wildman–Crippen MR) is 61.6 cm³/mol. The van der Waals surface area contributed by atoms with E-state index >= 15 is 0 Å². The Morgan fingerprint density at radius 3 is 3.00 bits per heavy atom. The molecule has 1 N–H and O–H groups in total. The summed E-state index contributed by atoms with van der Waals surface area (Å²) >= 11 is 1.33. The number of carbonyl (C=O) groups is 1. The first-order valence-corrected chi connectivity index (χ1v) is 5.56. The summed E-state index contributed by atoms with van der Waals surface area (Å²) in [6.07, 6.45) is 0. The van der Waals surface area contributed by atoms with Crippen molar-refractivity contribution in [1.82, 2.24) is 0 Å². The molecule has 78 valence electrons. The van der Waals surface area contributed by atoms with E-state index in [2.05, 4.69) is 4.99 Å². The third-order valence-corrected chi connectivity index (χ3v) is 3.42. The highest BCUT2D eigenvalue weighted by atomic mass is 32.2. The van der Waals surface area contributed by atoms with Gasteiger partial charge in [-0.2, -0.15) is 0 Å². The maximum atomic E-state index is 10.8. The Kier molecular flexibility index (Phi) is 2.77. The zero-order valence-corrected chi connectivity index (χ0v) is 9.12.